The molecule has 0 aliphatic rings. The van der Waals surface area contributed by atoms with Crippen LogP contribution in [0.25, 0.3) is 10.8 Å². The van der Waals surface area contributed by atoms with Crippen molar-refractivity contribution >= 4 is 56.9 Å². The Morgan fingerprint density at radius 3 is 2.13 bits per heavy atom. The smallest absolute Gasteiger partial charge is 0.273 e. The highest BCUT2D eigenvalue weighted by Gasteiger charge is 2.19. The summed E-state index contributed by atoms with van der Waals surface area (Å²) in [5.41, 5.74) is 8.23. The van der Waals surface area contributed by atoms with Crippen LogP contribution < -0.4 is 24.7 Å². The molecular weight excluding hydrogens is 608 g/mol. The van der Waals surface area contributed by atoms with E-state index < -0.39 is 4.92 Å². The Morgan fingerprint density at radius 1 is 0.889 bits per heavy atom. The van der Waals surface area contributed by atoms with E-state index in [1.165, 1.54) is 50.8 Å². The lowest BCUT2D eigenvalue weighted by atomic mass is 10.0. The van der Waals surface area contributed by atoms with E-state index in [-0.39, 0.29) is 51.4 Å². The van der Waals surface area contributed by atoms with Crippen molar-refractivity contribution in [1.29, 1.82) is 0 Å². The molecule has 0 amide bonds. The predicted molar refractivity (Wildman–Crippen MR) is 166 cm³/mol. The van der Waals surface area contributed by atoms with Crippen LogP contribution in [0.3, 0.4) is 0 Å². The van der Waals surface area contributed by atoms with Crippen LogP contribution >= 0.6 is 12.0 Å². The van der Waals surface area contributed by atoms with E-state index in [4.69, 9.17) is 34.3 Å². The molecule has 0 aliphatic heterocycles. The van der Waals surface area contributed by atoms with Gasteiger partial charge in [0.25, 0.3) is 5.69 Å². The maximum atomic E-state index is 11.2. The first-order valence-electron chi connectivity index (χ1n) is 12.7. The Hall–Kier alpha value is -5.55. The van der Waals surface area contributed by atoms with Gasteiger partial charge in [0.1, 0.15) is 34.2 Å². The highest BCUT2D eigenvalue weighted by molar-refractivity contribution is 7.94. The van der Waals surface area contributed by atoms with Gasteiger partial charge in [0.15, 0.2) is 11.5 Å². The number of aryl methyl sites for hydroxylation is 1. The number of hydrogen-bond acceptors (Lipinski definition) is 15. The van der Waals surface area contributed by atoms with Crippen molar-refractivity contribution < 1.29 is 38.5 Å². The summed E-state index contributed by atoms with van der Waals surface area (Å²) in [7, 11) is 2.85. The molecule has 4 aromatic rings. The maximum absolute atomic E-state index is 11.2. The van der Waals surface area contributed by atoms with Crippen molar-refractivity contribution in [3.63, 3.8) is 0 Å². The van der Waals surface area contributed by atoms with Gasteiger partial charge in [0.2, 0.25) is 0 Å². The minimum absolute atomic E-state index is 0.0772. The van der Waals surface area contributed by atoms with Gasteiger partial charge >= 0.3 is 0 Å². The SMILES string of the molecule is C=COc1cc([N+](=O)[O-])ccc1N=Nc1cc(OC)c(N=Nc2c(SOOO)cc3cc(C)c(N)cc3c2OC=C)cc1OC. The number of hydrogen-bond donors (Lipinski definition) is 2. The molecular formula is C29H26N6O9S. The molecule has 232 valence electrons. The predicted octanol–water partition coefficient (Wildman–Crippen LogP) is 8.96. The Balaban J connectivity index is 1.80. The van der Waals surface area contributed by atoms with E-state index in [0.717, 1.165) is 17.2 Å². The first-order valence-corrected chi connectivity index (χ1v) is 13.4. The molecule has 0 saturated heterocycles. The van der Waals surface area contributed by atoms with Crippen LogP contribution in [0.2, 0.25) is 0 Å². The molecule has 0 atom stereocenters. The van der Waals surface area contributed by atoms with Gasteiger partial charge in [-0.3, -0.25) is 10.1 Å². The molecule has 0 unspecified atom stereocenters. The summed E-state index contributed by atoms with van der Waals surface area (Å²) in [4.78, 5) is 11.0. The number of nitrogens with zero attached hydrogens (tertiary/aromatic N) is 5. The second-order valence-electron chi connectivity index (χ2n) is 8.78. The van der Waals surface area contributed by atoms with Gasteiger partial charge in [-0.25, -0.2) is 5.26 Å². The fourth-order valence-electron chi connectivity index (χ4n) is 4.04. The summed E-state index contributed by atoms with van der Waals surface area (Å²) >= 11 is 0.670. The summed E-state index contributed by atoms with van der Waals surface area (Å²) in [6, 6.07) is 12.2. The summed E-state index contributed by atoms with van der Waals surface area (Å²) in [6.07, 6.45) is 2.34. The van der Waals surface area contributed by atoms with E-state index in [9.17, 15) is 10.1 Å². The largest absolute Gasteiger partial charge is 0.494 e. The average Bonchev–Trinajstić information content (AvgIpc) is 3.03. The van der Waals surface area contributed by atoms with Gasteiger partial charge in [-0.05, 0) is 42.1 Å². The Kier molecular flexibility index (Phi) is 10.6. The maximum Gasteiger partial charge on any atom is 0.273 e. The topological polar surface area (TPSA) is 194 Å². The molecule has 0 spiro atoms. The molecule has 3 N–H and O–H groups in total. The zero-order valence-electron chi connectivity index (χ0n) is 24.1. The number of anilines is 1. The minimum Gasteiger partial charge on any atom is -0.494 e. The normalized spacial score (nSPS) is 11.2. The van der Waals surface area contributed by atoms with Crippen LogP contribution in [0.5, 0.6) is 23.0 Å². The Labute approximate surface area is 260 Å². The third-order valence-corrected chi connectivity index (χ3v) is 6.76. The Morgan fingerprint density at radius 2 is 1.53 bits per heavy atom. The molecule has 4 aromatic carbocycles. The molecule has 0 fully saturated rings. The number of nitrogen functional groups attached to an aromatic ring is 1. The molecule has 0 aromatic heterocycles. The van der Waals surface area contributed by atoms with Crippen molar-refractivity contribution in [1.82, 2.24) is 0 Å². The molecule has 0 heterocycles. The van der Waals surface area contributed by atoms with E-state index >= 15 is 0 Å². The summed E-state index contributed by atoms with van der Waals surface area (Å²) in [5, 5.41) is 42.3. The Bertz CT molecular complexity index is 1830. The first kappa shape index (κ1) is 32.4. The number of fused-ring (bicyclic) bond motifs is 1. The minimum atomic E-state index is -0.562. The molecule has 0 saturated carbocycles. The van der Waals surface area contributed by atoms with Crippen LogP contribution in [0.1, 0.15) is 5.56 Å². The van der Waals surface area contributed by atoms with Gasteiger partial charge in [0, 0.05) is 29.3 Å². The van der Waals surface area contributed by atoms with E-state index in [1.807, 2.05) is 13.0 Å². The number of nitrogens with two attached hydrogens (primary N) is 1. The lowest BCUT2D eigenvalue weighted by Crippen LogP contribution is -1.93. The van der Waals surface area contributed by atoms with E-state index in [0.29, 0.717) is 28.0 Å². The standard InChI is InChI=1S/C29H26N6O9S/c1-6-41-26-12-18(35(36)37)8-9-21(26)31-32-22-14-25(40-5)23(15-24(22)39-4)33-34-28-27(45-44-43-38)11-17-10-16(3)20(30)13-19(17)29(28)42-7-2/h6-15,38H,1-2,30H2,3-5H3. The zero-order valence-corrected chi connectivity index (χ0v) is 24.9. The van der Waals surface area contributed by atoms with Crippen LogP contribution in [-0.2, 0) is 9.37 Å². The summed E-state index contributed by atoms with van der Waals surface area (Å²) in [6.45, 7) is 9.00. The number of nitro benzene ring substituents is 1. The highest BCUT2D eigenvalue weighted by atomic mass is 32.2. The fourth-order valence-corrected chi connectivity index (χ4v) is 4.53. The molecule has 45 heavy (non-hydrogen) atoms. The molecule has 16 heteroatoms. The van der Waals surface area contributed by atoms with Crippen molar-refractivity contribution in [2.24, 2.45) is 20.5 Å². The van der Waals surface area contributed by atoms with Crippen LogP contribution in [0, 0.1) is 17.0 Å². The number of ether oxygens (including phenoxy) is 4. The van der Waals surface area contributed by atoms with E-state index in [1.54, 1.807) is 12.1 Å². The molecule has 0 bridgehead atoms. The lowest BCUT2D eigenvalue weighted by molar-refractivity contribution is -0.432. The third-order valence-electron chi connectivity index (χ3n) is 6.14. The van der Waals surface area contributed by atoms with Crippen LogP contribution in [0.15, 0.2) is 99.6 Å². The highest BCUT2D eigenvalue weighted by Crippen LogP contribution is 2.47. The molecule has 15 nitrogen and oxygen atoms in total. The van der Waals surface area contributed by atoms with E-state index in [2.05, 4.69) is 38.7 Å². The van der Waals surface area contributed by atoms with Crippen LogP contribution in [-0.4, -0.2) is 24.4 Å². The van der Waals surface area contributed by atoms with Gasteiger partial charge in [-0.1, -0.05) is 18.2 Å². The van der Waals surface area contributed by atoms with Crippen LogP contribution in [0.4, 0.5) is 34.1 Å². The van der Waals surface area contributed by atoms with Gasteiger partial charge in [-0.2, -0.15) is 0 Å². The third kappa shape index (κ3) is 7.34. The number of azo groups is 2. The molecule has 4 rings (SSSR count). The van der Waals surface area contributed by atoms with Crippen molar-refractivity contribution in [2.45, 2.75) is 11.8 Å². The number of non-ortho nitro benzene ring substituents is 1. The zero-order chi connectivity index (χ0) is 32.5. The van der Waals surface area contributed by atoms with Crippen molar-refractivity contribution in [2.75, 3.05) is 20.0 Å². The summed E-state index contributed by atoms with van der Waals surface area (Å²) in [5.74, 6) is 0.834. The van der Waals surface area contributed by atoms with Gasteiger partial charge in [-0.15, -0.1) is 24.8 Å². The van der Waals surface area contributed by atoms with Crippen molar-refractivity contribution in [3.8, 4) is 23.0 Å². The molecule has 0 radical (unpaired) electrons. The number of nitro groups is 1. The monoisotopic (exact) mass is 634 g/mol. The number of methoxy groups -OCH3 is 2. The van der Waals surface area contributed by atoms with Gasteiger partial charge < -0.3 is 24.7 Å². The van der Waals surface area contributed by atoms with Gasteiger partial charge in [0.05, 0.1) is 54.7 Å². The second kappa shape index (κ2) is 14.8. The summed E-state index contributed by atoms with van der Waals surface area (Å²) < 4.78 is 26.8. The number of rotatable bonds is 14. The number of benzene rings is 4. The fraction of sp³-hybridized carbons (Fsp3) is 0.103. The molecule has 0 aliphatic carbocycles. The quantitative estimate of drug-likeness (QED) is 0.0255. The first-order chi connectivity index (χ1) is 21.7. The average molecular weight is 635 g/mol. The second-order valence-corrected chi connectivity index (χ2v) is 9.52. The lowest BCUT2D eigenvalue weighted by Gasteiger charge is -2.14. The van der Waals surface area contributed by atoms with Crippen molar-refractivity contribution in [3.05, 3.63) is 89.9 Å².